The van der Waals surface area contributed by atoms with E-state index in [1.807, 2.05) is 31.3 Å². The van der Waals surface area contributed by atoms with Crippen molar-refractivity contribution in [2.24, 2.45) is 5.73 Å². The first-order valence-corrected chi connectivity index (χ1v) is 4.49. The molecule has 1 aromatic heterocycles. The van der Waals surface area contributed by atoms with E-state index in [0.29, 0.717) is 6.54 Å². The summed E-state index contributed by atoms with van der Waals surface area (Å²) < 4.78 is 0. The van der Waals surface area contributed by atoms with Crippen LogP contribution >= 0.6 is 0 Å². The minimum absolute atomic E-state index is 0.675. The van der Waals surface area contributed by atoms with Crippen molar-refractivity contribution in [1.29, 1.82) is 0 Å². The predicted octanol–water partition coefficient (Wildman–Crippen LogP) is 2.19. The van der Waals surface area contributed by atoms with E-state index in [9.17, 15) is 0 Å². The first-order chi connectivity index (χ1) is 6.33. The molecule has 0 aliphatic rings. The molecule has 0 fully saturated rings. The molecule has 0 bridgehead atoms. The van der Waals surface area contributed by atoms with Crippen LogP contribution in [0.3, 0.4) is 0 Å². The topological polar surface area (TPSA) is 41.8 Å². The van der Waals surface area contributed by atoms with Crippen LogP contribution in [0.5, 0.6) is 0 Å². The molecule has 70 valence electrons. The fraction of sp³-hybridized carbons (Fsp3) is 0.273. The maximum Gasteiger partial charge on any atom is 0.0453 e. The van der Waals surface area contributed by atoms with Gasteiger partial charge in [0.2, 0.25) is 0 Å². The van der Waals surface area contributed by atoms with Crippen LogP contribution < -0.4 is 5.73 Å². The number of H-pyrrole nitrogens is 1. The van der Waals surface area contributed by atoms with Gasteiger partial charge in [0.15, 0.2) is 0 Å². The third-order valence-electron chi connectivity index (χ3n) is 1.99. The van der Waals surface area contributed by atoms with E-state index in [1.165, 1.54) is 11.1 Å². The van der Waals surface area contributed by atoms with Gasteiger partial charge in [0, 0.05) is 17.5 Å². The zero-order valence-electron chi connectivity index (χ0n) is 8.01. The molecule has 0 aromatic carbocycles. The molecule has 0 radical (unpaired) electrons. The van der Waals surface area contributed by atoms with Crippen molar-refractivity contribution in [1.82, 2.24) is 4.98 Å². The van der Waals surface area contributed by atoms with E-state index < -0.39 is 0 Å². The van der Waals surface area contributed by atoms with Crippen molar-refractivity contribution in [2.75, 3.05) is 6.54 Å². The van der Waals surface area contributed by atoms with Gasteiger partial charge in [0.25, 0.3) is 0 Å². The van der Waals surface area contributed by atoms with Crippen molar-refractivity contribution in [2.45, 2.75) is 13.3 Å². The molecule has 0 unspecified atom stereocenters. The molecule has 2 heteroatoms. The number of rotatable bonds is 4. The molecule has 0 saturated carbocycles. The van der Waals surface area contributed by atoms with Crippen LogP contribution in [0.4, 0.5) is 0 Å². The Labute approximate surface area is 79.2 Å². The normalized spacial score (nSPS) is 10.9. The Morgan fingerprint density at radius 3 is 2.92 bits per heavy atom. The number of allylic oxidation sites excluding steroid dienone is 1. The van der Waals surface area contributed by atoms with Crippen molar-refractivity contribution in [3.05, 3.63) is 35.7 Å². The van der Waals surface area contributed by atoms with Gasteiger partial charge in [-0.1, -0.05) is 18.7 Å². The number of hydrogen-bond donors (Lipinski definition) is 2. The van der Waals surface area contributed by atoms with Crippen LogP contribution in [0.25, 0.3) is 12.2 Å². The van der Waals surface area contributed by atoms with Crippen LogP contribution in [0.2, 0.25) is 0 Å². The quantitative estimate of drug-likeness (QED) is 0.725. The third kappa shape index (κ3) is 2.10. The molecule has 0 spiro atoms. The molecule has 1 rings (SSSR count). The third-order valence-corrected chi connectivity index (χ3v) is 1.99. The summed E-state index contributed by atoms with van der Waals surface area (Å²) in [4.78, 5) is 3.20. The summed E-state index contributed by atoms with van der Waals surface area (Å²) in [7, 11) is 0. The number of aromatic nitrogens is 1. The number of aromatic amines is 1. The average molecular weight is 176 g/mol. The molecule has 0 saturated heterocycles. The lowest BCUT2D eigenvalue weighted by molar-refractivity contribution is 0.968. The first kappa shape index (κ1) is 9.81. The molecule has 3 N–H and O–H groups in total. The van der Waals surface area contributed by atoms with E-state index in [0.717, 1.165) is 12.1 Å². The fourth-order valence-corrected chi connectivity index (χ4v) is 1.40. The summed E-state index contributed by atoms with van der Waals surface area (Å²) in [6.07, 6.45) is 8.81. The van der Waals surface area contributed by atoms with Gasteiger partial charge in [-0.25, -0.2) is 0 Å². The minimum atomic E-state index is 0.675. The Kier molecular flexibility index (Phi) is 3.53. The molecular formula is C11H16N2. The van der Waals surface area contributed by atoms with Crippen LogP contribution in [-0.4, -0.2) is 11.5 Å². The summed E-state index contributed by atoms with van der Waals surface area (Å²) in [5.41, 5.74) is 9.02. The van der Waals surface area contributed by atoms with Gasteiger partial charge in [-0.2, -0.15) is 0 Å². The largest absolute Gasteiger partial charge is 0.361 e. The second-order valence-electron chi connectivity index (χ2n) is 2.88. The standard InChI is InChI=1S/C11H16N2/c1-3-5-11-10(4-2)9(6-7-12)8-13-11/h3-5,8,13H,2,6-7,12H2,1H3/b5-3-. The van der Waals surface area contributed by atoms with Gasteiger partial charge in [-0.3, -0.25) is 0 Å². The summed E-state index contributed by atoms with van der Waals surface area (Å²) in [5, 5.41) is 0. The first-order valence-electron chi connectivity index (χ1n) is 4.49. The van der Waals surface area contributed by atoms with Crippen LogP contribution in [0.15, 0.2) is 18.9 Å². The molecule has 0 aliphatic heterocycles. The summed E-state index contributed by atoms with van der Waals surface area (Å²) in [6, 6.07) is 0. The monoisotopic (exact) mass is 176 g/mol. The Morgan fingerprint density at radius 1 is 1.62 bits per heavy atom. The van der Waals surface area contributed by atoms with E-state index in [4.69, 9.17) is 5.73 Å². The second-order valence-corrected chi connectivity index (χ2v) is 2.88. The molecule has 2 nitrogen and oxygen atoms in total. The highest BCUT2D eigenvalue weighted by atomic mass is 14.7. The van der Waals surface area contributed by atoms with Gasteiger partial charge in [0.1, 0.15) is 0 Å². The van der Waals surface area contributed by atoms with Crippen molar-refractivity contribution < 1.29 is 0 Å². The molecule has 0 atom stereocenters. The Hall–Kier alpha value is -1.28. The van der Waals surface area contributed by atoms with Gasteiger partial charge < -0.3 is 10.7 Å². The maximum absolute atomic E-state index is 5.50. The fourth-order valence-electron chi connectivity index (χ4n) is 1.40. The molecular weight excluding hydrogens is 160 g/mol. The molecule has 0 aliphatic carbocycles. The smallest absolute Gasteiger partial charge is 0.0453 e. The Morgan fingerprint density at radius 2 is 2.38 bits per heavy atom. The van der Waals surface area contributed by atoms with Gasteiger partial charge in [0.05, 0.1) is 0 Å². The lowest BCUT2D eigenvalue weighted by Crippen LogP contribution is -2.02. The zero-order chi connectivity index (χ0) is 9.68. The SMILES string of the molecule is C=Cc1c(CCN)c[nH]c1/C=C\C. The highest BCUT2D eigenvalue weighted by Crippen LogP contribution is 2.17. The lowest BCUT2D eigenvalue weighted by atomic mass is 10.1. The number of hydrogen-bond acceptors (Lipinski definition) is 1. The van der Waals surface area contributed by atoms with Crippen molar-refractivity contribution >= 4 is 12.2 Å². The van der Waals surface area contributed by atoms with Crippen molar-refractivity contribution in [3.63, 3.8) is 0 Å². The molecule has 13 heavy (non-hydrogen) atoms. The van der Waals surface area contributed by atoms with Gasteiger partial charge >= 0.3 is 0 Å². The molecule has 1 heterocycles. The minimum Gasteiger partial charge on any atom is -0.361 e. The number of nitrogens with one attached hydrogen (secondary N) is 1. The van der Waals surface area contributed by atoms with Crippen LogP contribution in [0, 0.1) is 0 Å². The zero-order valence-corrected chi connectivity index (χ0v) is 8.01. The van der Waals surface area contributed by atoms with Crippen LogP contribution in [-0.2, 0) is 6.42 Å². The summed E-state index contributed by atoms with van der Waals surface area (Å²) in [5.74, 6) is 0. The lowest BCUT2D eigenvalue weighted by Gasteiger charge is -1.97. The van der Waals surface area contributed by atoms with E-state index >= 15 is 0 Å². The second kappa shape index (κ2) is 4.67. The Bertz CT molecular complexity index is 308. The highest BCUT2D eigenvalue weighted by Gasteiger charge is 2.04. The molecule has 0 amide bonds. The van der Waals surface area contributed by atoms with Crippen molar-refractivity contribution in [3.8, 4) is 0 Å². The predicted molar refractivity (Wildman–Crippen MR) is 58.4 cm³/mol. The van der Waals surface area contributed by atoms with Crippen LogP contribution in [0.1, 0.15) is 23.7 Å². The van der Waals surface area contributed by atoms with Gasteiger partial charge in [-0.05, 0) is 31.5 Å². The van der Waals surface area contributed by atoms with Gasteiger partial charge in [-0.15, -0.1) is 0 Å². The highest BCUT2D eigenvalue weighted by molar-refractivity contribution is 5.64. The van der Waals surface area contributed by atoms with E-state index in [-0.39, 0.29) is 0 Å². The molecule has 1 aromatic rings. The van der Waals surface area contributed by atoms with E-state index in [1.54, 1.807) is 0 Å². The number of nitrogens with two attached hydrogens (primary N) is 1. The summed E-state index contributed by atoms with van der Waals surface area (Å²) >= 11 is 0. The maximum atomic E-state index is 5.50. The van der Waals surface area contributed by atoms with E-state index in [2.05, 4.69) is 11.6 Å². The average Bonchev–Trinajstić information content (AvgIpc) is 2.49. The summed E-state index contributed by atoms with van der Waals surface area (Å²) in [6.45, 7) is 6.47. The Balaban J connectivity index is 3.02.